The van der Waals surface area contributed by atoms with Crippen molar-refractivity contribution in [3.8, 4) is 11.8 Å². The highest BCUT2D eigenvalue weighted by Gasteiger charge is 2.17. The molecule has 4 rings (SSSR count). The first-order chi connectivity index (χ1) is 13.4. The molecule has 1 aromatic carbocycles. The summed E-state index contributed by atoms with van der Waals surface area (Å²) >= 11 is 0. The Morgan fingerprint density at radius 1 is 1.32 bits per heavy atom. The Morgan fingerprint density at radius 3 is 2.75 bits per heavy atom. The molecule has 10 heteroatoms. The zero-order valence-corrected chi connectivity index (χ0v) is 15.1. The summed E-state index contributed by atoms with van der Waals surface area (Å²) in [5, 5.41) is 26.5. The third-order valence-corrected chi connectivity index (χ3v) is 4.48. The predicted molar refractivity (Wildman–Crippen MR) is 98.4 cm³/mol. The van der Waals surface area contributed by atoms with Crippen molar-refractivity contribution in [1.29, 1.82) is 5.26 Å². The number of carboxylic acids is 1. The van der Waals surface area contributed by atoms with Gasteiger partial charge in [-0.3, -0.25) is 14.0 Å². The van der Waals surface area contributed by atoms with E-state index in [1.54, 1.807) is 21.1 Å². The Labute approximate surface area is 157 Å². The number of nitrogens with zero attached hydrogens (tertiary/aromatic N) is 6. The van der Waals surface area contributed by atoms with Gasteiger partial charge in [-0.2, -0.15) is 5.26 Å². The lowest BCUT2D eigenvalue weighted by Crippen LogP contribution is -2.13. The number of hydrogen-bond donors (Lipinski definition) is 2. The van der Waals surface area contributed by atoms with Crippen LogP contribution in [-0.2, 0) is 11.2 Å². The second-order valence-corrected chi connectivity index (χ2v) is 6.42. The number of imidazole rings is 1. The van der Waals surface area contributed by atoms with Crippen molar-refractivity contribution in [1.82, 2.24) is 29.1 Å². The van der Waals surface area contributed by atoms with Crippen molar-refractivity contribution in [3.63, 3.8) is 0 Å². The van der Waals surface area contributed by atoms with Gasteiger partial charge >= 0.3 is 5.97 Å². The summed E-state index contributed by atoms with van der Waals surface area (Å²) < 4.78 is 3.34. The number of aryl methyl sites for hydroxylation is 3. The van der Waals surface area contributed by atoms with Crippen LogP contribution in [0.2, 0.25) is 0 Å². The summed E-state index contributed by atoms with van der Waals surface area (Å²) in [6.07, 6.45) is 1.80. The van der Waals surface area contributed by atoms with Crippen LogP contribution in [0.1, 0.15) is 29.3 Å². The highest BCUT2D eigenvalue weighted by atomic mass is 16.4. The molecule has 2 N–H and O–H groups in total. The van der Waals surface area contributed by atoms with Crippen LogP contribution in [0.15, 0.2) is 23.1 Å². The lowest BCUT2D eigenvalue weighted by atomic mass is 10.1. The van der Waals surface area contributed by atoms with Gasteiger partial charge in [0.2, 0.25) is 5.65 Å². The molecule has 0 aliphatic carbocycles. The second-order valence-electron chi connectivity index (χ2n) is 6.42. The summed E-state index contributed by atoms with van der Waals surface area (Å²) in [4.78, 5) is 30.4. The van der Waals surface area contributed by atoms with Gasteiger partial charge in [-0.15, -0.1) is 10.2 Å². The van der Waals surface area contributed by atoms with E-state index < -0.39 is 11.5 Å². The van der Waals surface area contributed by atoms with Crippen LogP contribution < -0.4 is 5.56 Å². The van der Waals surface area contributed by atoms with Crippen molar-refractivity contribution in [2.75, 3.05) is 0 Å². The van der Waals surface area contributed by atoms with Crippen molar-refractivity contribution in [3.05, 3.63) is 51.6 Å². The van der Waals surface area contributed by atoms with E-state index in [1.165, 1.54) is 0 Å². The lowest BCUT2D eigenvalue weighted by molar-refractivity contribution is -0.137. The molecule has 0 saturated carbocycles. The van der Waals surface area contributed by atoms with Gasteiger partial charge < -0.3 is 14.7 Å². The number of hydrogen-bond acceptors (Lipinski definition) is 6. The van der Waals surface area contributed by atoms with Crippen molar-refractivity contribution in [2.24, 2.45) is 0 Å². The maximum Gasteiger partial charge on any atom is 0.303 e. The number of aromatic nitrogens is 6. The molecule has 28 heavy (non-hydrogen) atoms. The minimum atomic E-state index is -0.970. The van der Waals surface area contributed by atoms with Gasteiger partial charge in [-0.05, 0) is 26.0 Å². The largest absolute Gasteiger partial charge is 0.481 e. The molecule has 4 aromatic rings. The lowest BCUT2D eigenvalue weighted by Gasteiger charge is -2.11. The Hall–Kier alpha value is -4.00. The van der Waals surface area contributed by atoms with Crippen LogP contribution in [0, 0.1) is 25.2 Å². The Morgan fingerprint density at radius 2 is 2.11 bits per heavy atom. The molecule has 0 unspecified atom stereocenters. The quantitative estimate of drug-likeness (QED) is 0.545. The molecule has 0 bridgehead atoms. The maximum atomic E-state index is 12.4. The van der Waals surface area contributed by atoms with Gasteiger partial charge in [0.1, 0.15) is 17.7 Å². The first-order valence-corrected chi connectivity index (χ1v) is 8.48. The zero-order chi connectivity index (χ0) is 20.0. The number of fused-ring (bicyclic) bond motifs is 3. The molecule has 3 aromatic heterocycles. The topological polar surface area (TPSA) is 142 Å². The summed E-state index contributed by atoms with van der Waals surface area (Å²) in [7, 11) is 0. The van der Waals surface area contributed by atoms with Crippen LogP contribution in [0.4, 0.5) is 0 Å². The summed E-state index contributed by atoms with van der Waals surface area (Å²) in [6.45, 7) is 3.69. The average molecular weight is 377 g/mol. The molecule has 0 atom stereocenters. The van der Waals surface area contributed by atoms with Crippen LogP contribution in [-0.4, -0.2) is 40.2 Å². The number of rotatable bonds is 4. The first kappa shape index (κ1) is 17.4. The van der Waals surface area contributed by atoms with Gasteiger partial charge in [0, 0.05) is 12.6 Å². The molecule has 3 heterocycles. The number of carbonyl (C=O) groups is 1. The monoisotopic (exact) mass is 377 g/mol. The Bertz CT molecular complexity index is 1350. The van der Waals surface area contributed by atoms with Gasteiger partial charge in [0.25, 0.3) is 5.56 Å². The SMILES string of the molecule is Cc1cn(-c2cc3c(cc2C#N)[nH]c(=O)c2nnc(CCC(=O)O)n23)c(C)n1. The van der Waals surface area contributed by atoms with Crippen LogP contribution >= 0.6 is 0 Å². The summed E-state index contributed by atoms with van der Waals surface area (Å²) in [6, 6.07) is 5.48. The van der Waals surface area contributed by atoms with E-state index in [2.05, 4.69) is 26.2 Å². The average Bonchev–Trinajstić information content (AvgIpc) is 3.22. The molecule has 0 saturated heterocycles. The number of aliphatic carboxylic acids is 1. The Kier molecular flexibility index (Phi) is 3.93. The third kappa shape index (κ3) is 2.69. The van der Waals surface area contributed by atoms with Gasteiger partial charge in [0.15, 0.2) is 0 Å². The minimum Gasteiger partial charge on any atom is -0.481 e. The van der Waals surface area contributed by atoms with E-state index in [0.29, 0.717) is 33.9 Å². The second kappa shape index (κ2) is 6.31. The highest BCUT2D eigenvalue weighted by Crippen LogP contribution is 2.24. The fourth-order valence-corrected chi connectivity index (χ4v) is 3.29. The van der Waals surface area contributed by atoms with Crippen molar-refractivity contribution < 1.29 is 9.90 Å². The van der Waals surface area contributed by atoms with E-state index in [4.69, 9.17) is 5.11 Å². The highest BCUT2D eigenvalue weighted by molar-refractivity contribution is 5.82. The molecular formula is C18H15N7O3. The molecule has 0 aliphatic heterocycles. The van der Waals surface area contributed by atoms with E-state index in [-0.39, 0.29) is 18.5 Å². The molecule has 0 aliphatic rings. The fraction of sp³-hybridized carbons (Fsp3) is 0.222. The summed E-state index contributed by atoms with van der Waals surface area (Å²) in [5.41, 5.74) is 2.38. The van der Waals surface area contributed by atoms with Crippen LogP contribution in [0.3, 0.4) is 0 Å². The zero-order valence-electron chi connectivity index (χ0n) is 15.1. The van der Waals surface area contributed by atoms with E-state index in [9.17, 15) is 14.9 Å². The number of nitrogens with one attached hydrogen (secondary N) is 1. The number of nitriles is 1. The number of benzene rings is 1. The third-order valence-electron chi connectivity index (χ3n) is 4.48. The van der Waals surface area contributed by atoms with Crippen molar-refractivity contribution in [2.45, 2.75) is 26.7 Å². The standard InChI is InChI=1S/C18H15N7O3/c1-9-8-24(10(2)20-9)13-6-14-12(5-11(13)7-19)21-18(28)17-23-22-15(25(14)17)3-4-16(26)27/h5-6,8H,3-4H2,1-2H3,(H,21,28)(H,26,27). The number of aromatic amines is 1. The first-order valence-electron chi connectivity index (χ1n) is 8.48. The molecule has 140 valence electrons. The normalized spacial score (nSPS) is 11.2. The van der Waals surface area contributed by atoms with Gasteiger partial charge in [-0.1, -0.05) is 0 Å². The van der Waals surface area contributed by atoms with E-state index in [0.717, 1.165) is 5.69 Å². The van der Waals surface area contributed by atoms with E-state index >= 15 is 0 Å². The number of H-pyrrole nitrogens is 1. The van der Waals surface area contributed by atoms with Gasteiger partial charge in [-0.25, -0.2) is 4.98 Å². The predicted octanol–water partition coefficient (Wildman–Crippen LogP) is 1.26. The molecule has 0 radical (unpaired) electrons. The molecule has 0 fully saturated rings. The van der Waals surface area contributed by atoms with Crippen molar-refractivity contribution >= 4 is 22.6 Å². The molecular weight excluding hydrogens is 362 g/mol. The van der Waals surface area contributed by atoms with Crippen LogP contribution in [0.5, 0.6) is 0 Å². The fourth-order valence-electron chi connectivity index (χ4n) is 3.29. The number of carboxylic acid groups (broad SMARTS) is 1. The van der Waals surface area contributed by atoms with Crippen LogP contribution in [0.25, 0.3) is 22.4 Å². The summed E-state index contributed by atoms with van der Waals surface area (Å²) in [5.74, 6) is 0.106. The minimum absolute atomic E-state index is 0.0714. The van der Waals surface area contributed by atoms with E-state index in [1.807, 2.05) is 20.0 Å². The molecule has 0 amide bonds. The molecule has 10 nitrogen and oxygen atoms in total. The Balaban J connectivity index is 2.06. The smallest absolute Gasteiger partial charge is 0.303 e. The maximum absolute atomic E-state index is 12.4. The van der Waals surface area contributed by atoms with Gasteiger partial charge in [0.05, 0.1) is 34.4 Å². The molecule has 0 spiro atoms.